The fourth-order valence-corrected chi connectivity index (χ4v) is 2.52. The number of anilines is 1. The van der Waals surface area contributed by atoms with Crippen LogP contribution in [-0.4, -0.2) is 26.2 Å². The number of fused-ring (bicyclic) bond motifs is 1. The van der Waals surface area contributed by atoms with Gasteiger partial charge in [-0.1, -0.05) is 51.1 Å². The molecule has 2 aromatic carbocycles. The summed E-state index contributed by atoms with van der Waals surface area (Å²) in [4.78, 5) is 12.3. The van der Waals surface area contributed by atoms with Gasteiger partial charge in [-0.05, 0) is 16.8 Å². The van der Waals surface area contributed by atoms with Crippen LogP contribution in [0, 0.1) is 0 Å². The Morgan fingerprint density at radius 3 is 2.65 bits per heavy atom. The molecule has 0 unspecified atom stereocenters. The summed E-state index contributed by atoms with van der Waals surface area (Å²) in [6, 6.07) is 11.0. The van der Waals surface area contributed by atoms with E-state index in [2.05, 4.69) is 20.7 Å². The lowest BCUT2D eigenvalue weighted by atomic mass is 9.93. The third-order valence-corrected chi connectivity index (χ3v) is 3.91. The summed E-state index contributed by atoms with van der Waals surface area (Å²) in [5, 5.41) is 23.8. The molecule has 0 saturated heterocycles. The number of hydrazone groups is 1. The molecule has 3 rings (SSSR count). The molecule has 4 N–H and O–H groups in total. The first kappa shape index (κ1) is 17.4. The number of rotatable bonds is 3. The van der Waals surface area contributed by atoms with Gasteiger partial charge in [0.15, 0.2) is 0 Å². The third-order valence-electron chi connectivity index (χ3n) is 3.91. The highest BCUT2D eigenvalue weighted by molar-refractivity contribution is 6.02. The van der Waals surface area contributed by atoms with Crippen molar-refractivity contribution < 1.29 is 5.11 Å². The van der Waals surface area contributed by atoms with E-state index in [1.54, 1.807) is 6.07 Å². The number of nitrogens with one attached hydrogen (secondary N) is 1. The van der Waals surface area contributed by atoms with Crippen LogP contribution in [-0.2, 0) is 5.41 Å². The second-order valence-corrected chi connectivity index (χ2v) is 6.89. The molecule has 0 spiro atoms. The number of phenolic OH excluding ortho intramolecular Hbond substituents is 1. The van der Waals surface area contributed by atoms with Crippen molar-refractivity contribution in [1.82, 2.24) is 14.9 Å². The van der Waals surface area contributed by atoms with Gasteiger partial charge in [-0.2, -0.15) is 9.78 Å². The molecular formula is C18H20N6O2. The standard InChI is InChI=1S/C18H20N6O2/c1-18(2,3)15-16(26)24(19)17(23-21-15)22-20-10-13-12-7-5-4-6-11(12)8-9-14(13)25/h4-10,25H,19H2,1-3H3,(H,22,23)/b20-10-. The van der Waals surface area contributed by atoms with Crippen LogP contribution >= 0.6 is 0 Å². The molecular weight excluding hydrogens is 332 g/mol. The number of aromatic nitrogens is 3. The van der Waals surface area contributed by atoms with Crippen LogP contribution in [0.2, 0.25) is 0 Å². The number of hydrogen-bond acceptors (Lipinski definition) is 7. The number of nitrogens with two attached hydrogens (primary N) is 1. The third kappa shape index (κ3) is 3.21. The Bertz CT molecular complexity index is 1050. The lowest BCUT2D eigenvalue weighted by molar-refractivity contribution is 0.475. The molecule has 0 radical (unpaired) electrons. The summed E-state index contributed by atoms with van der Waals surface area (Å²) < 4.78 is 0.869. The van der Waals surface area contributed by atoms with E-state index < -0.39 is 11.0 Å². The normalized spacial score (nSPS) is 12.0. The van der Waals surface area contributed by atoms with E-state index in [0.717, 1.165) is 15.4 Å². The number of nitrogens with zero attached hydrogens (tertiary/aromatic N) is 4. The Balaban J connectivity index is 1.92. The van der Waals surface area contributed by atoms with Gasteiger partial charge in [0.1, 0.15) is 11.4 Å². The van der Waals surface area contributed by atoms with Crippen LogP contribution in [0.4, 0.5) is 5.95 Å². The molecule has 26 heavy (non-hydrogen) atoms. The van der Waals surface area contributed by atoms with Crippen molar-refractivity contribution in [2.24, 2.45) is 5.10 Å². The Morgan fingerprint density at radius 2 is 1.92 bits per heavy atom. The monoisotopic (exact) mass is 352 g/mol. The van der Waals surface area contributed by atoms with Crippen molar-refractivity contribution in [1.29, 1.82) is 0 Å². The fraction of sp³-hybridized carbons (Fsp3) is 0.222. The highest BCUT2D eigenvalue weighted by Gasteiger charge is 2.22. The molecule has 8 nitrogen and oxygen atoms in total. The van der Waals surface area contributed by atoms with Gasteiger partial charge in [-0.15, -0.1) is 10.2 Å². The van der Waals surface area contributed by atoms with Gasteiger partial charge in [-0.25, -0.2) is 5.43 Å². The van der Waals surface area contributed by atoms with Crippen molar-refractivity contribution in [2.75, 3.05) is 11.3 Å². The molecule has 0 bridgehead atoms. The maximum atomic E-state index is 12.3. The predicted molar refractivity (Wildman–Crippen MR) is 102 cm³/mol. The SMILES string of the molecule is CC(C)(C)c1nnc(N/N=C\c2c(O)ccc3ccccc23)n(N)c1=O. The van der Waals surface area contributed by atoms with Gasteiger partial charge in [-0.3, -0.25) is 4.79 Å². The number of phenols is 1. The summed E-state index contributed by atoms with van der Waals surface area (Å²) in [6.07, 6.45) is 1.45. The molecule has 0 aliphatic carbocycles. The van der Waals surface area contributed by atoms with Crippen molar-refractivity contribution in [3.05, 3.63) is 58.0 Å². The number of nitrogen functional groups attached to an aromatic ring is 1. The summed E-state index contributed by atoms with van der Waals surface area (Å²) in [6.45, 7) is 5.56. The first-order valence-corrected chi connectivity index (χ1v) is 8.04. The minimum Gasteiger partial charge on any atom is -0.507 e. The zero-order chi connectivity index (χ0) is 18.9. The molecule has 0 fully saturated rings. The van der Waals surface area contributed by atoms with Gasteiger partial charge in [0, 0.05) is 11.0 Å². The first-order chi connectivity index (χ1) is 12.3. The average molecular weight is 352 g/mol. The topological polar surface area (TPSA) is 118 Å². The Morgan fingerprint density at radius 1 is 1.19 bits per heavy atom. The molecule has 0 aliphatic heterocycles. The summed E-state index contributed by atoms with van der Waals surface area (Å²) in [5.74, 6) is 5.89. The average Bonchev–Trinajstić information content (AvgIpc) is 2.59. The lowest BCUT2D eigenvalue weighted by Crippen LogP contribution is -2.38. The van der Waals surface area contributed by atoms with E-state index in [-0.39, 0.29) is 17.4 Å². The van der Waals surface area contributed by atoms with Gasteiger partial charge >= 0.3 is 0 Å². The van der Waals surface area contributed by atoms with Crippen LogP contribution in [0.15, 0.2) is 46.3 Å². The quantitative estimate of drug-likeness (QED) is 0.377. The molecule has 0 aliphatic rings. The van der Waals surface area contributed by atoms with E-state index in [0.29, 0.717) is 5.56 Å². The zero-order valence-electron chi connectivity index (χ0n) is 14.8. The molecule has 0 atom stereocenters. The van der Waals surface area contributed by atoms with Gasteiger partial charge in [0.25, 0.3) is 11.5 Å². The van der Waals surface area contributed by atoms with Crippen molar-refractivity contribution in [3.63, 3.8) is 0 Å². The van der Waals surface area contributed by atoms with Gasteiger partial charge in [0.2, 0.25) is 0 Å². The second-order valence-electron chi connectivity index (χ2n) is 6.89. The van der Waals surface area contributed by atoms with E-state index in [9.17, 15) is 9.90 Å². The second kappa shape index (κ2) is 6.47. The summed E-state index contributed by atoms with van der Waals surface area (Å²) in [7, 11) is 0. The summed E-state index contributed by atoms with van der Waals surface area (Å²) >= 11 is 0. The minimum absolute atomic E-state index is 0.000948. The molecule has 1 heterocycles. The van der Waals surface area contributed by atoms with E-state index in [4.69, 9.17) is 5.84 Å². The maximum absolute atomic E-state index is 12.3. The van der Waals surface area contributed by atoms with Crippen LogP contribution in [0.5, 0.6) is 5.75 Å². The van der Waals surface area contributed by atoms with Gasteiger partial charge < -0.3 is 10.9 Å². The first-order valence-electron chi connectivity index (χ1n) is 8.04. The molecule has 1 aromatic heterocycles. The van der Waals surface area contributed by atoms with E-state index in [1.165, 1.54) is 6.21 Å². The molecule has 0 amide bonds. The van der Waals surface area contributed by atoms with Gasteiger partial charge in [0.05, 0.1) is 6.21 Å². The zero-order valence-corrected chi connectivity index (χ0v) is 14.8. The highest BCUT2D eigenvalue weighted by Crippen LogP contribution is 2.25. The molecule has 0 saturated carbocycles. The van der Waals surface area contributed by atoms with Crippen LogP contribution < -0.4 is 16.8 Å². The van der Waals surface area contributed by atoms with Crippen LogP contribution in [0.1, 0.15) is 32.0 Å². The number of hydrogen-bond donors (Lipinski definition) is 3. The Labute approximate surface area is 150 Å². The van der Waals surface area contributed by atoms with Crippen molar-refractivity contribution >= 4 is 22.9 Å². The summed E-state index contributed by atoms with van der Waals surface area (Å²) in [5.41, 5.74) is 2.49. The fourth-order valence-electron chi connectivity index (χ4n) is 2.52. The van der Waals surface area contributed by atoms with E-state index in [1.807, 2.05) is 51.1 Å². The Kier molecular flexibility index (Phi) is 4.33. The predicted octanol–water partition coefficient (Wildman–Crippen LogP) is 1.95. The number of aromatic hydroxyl groups is 1. The van der Waals surface area contributed by atoms with E-state index >= 15 is 0 Å². The van der Waals surface area contributed by atoms with Crippen molar-refractivity contribution in [2.45, 2.75) is 26.2 Å². The van der Waals surface area contributed by atoms with Crippen molar-refractivity contribution in [3.8, 4) is 5.75 Å². The number of benzene rings is 2. The minimum atomic E-state index is -0.470. The molecule has 134 valence electrons. The highest BCUT2D eigenvalue weighted by atomic mass is 16.3. The Hall–Kier alpha value is -3.42. The lowest BCUT2D eigenvalue weighted by Gasteiger charge is -2.17. The van der Waals surface area contributed by atoms with Crippen LogP contribution in [0.25, 0.3) is 10.8 Å². The van der Waals surface area contributed by atoms with Crippen LogP contribution in [0.3, 0.4) is 0 Å². The molecule has 8 heteroatoms. The smallest absolute Gasteiger partial charge is 0.295 e. The molecule has 3 aromatic rings. The maximum Gasteiger partial charge on any atom is 0.295 e. The largest absolute Gasteiger partial charge is 0.507 e.